The average molecular weight is 473 g/mol. The third-order valence-corrected chi connectivity index (χ3v) is 13.1. The third-order valence-electron chi connectivity index (χ3n) is 13.1. The molecule has 0 saturated heterocycles. The van der Waals surface area contributed by atoms with Crippen molar-refractivity contribution >= 4 is 5.97 Å². The zero-order valence-corrected chi connectivity index (χ0v) is 22.6. The van der Waals surface area contributed by atoms with Gasteiger partial charge in [-0.1, -0.05) is 60.1 Å². The molecular weight excluding hydrogens is 424 g/mol. The molecule has 0 aromatic carbocycles. The van der Waals surface area contributed by atoms with Gasteiger partial charge in [0.05, 0.1) is 12.2 Å². The van der Waals surface area contributed by atoms with Crippen LogP contribution in [0.2, 0.25) is 0 Å². The summed E-state index contributed by atoms with van der Waals surface area (Å²) in [5.41, 5.74) is 0.295. The maximum absolute atomic E-state index is 12.8. The van der Waals surface area contributed by atoms with Gasteiger partial charge < -0.3 is 15.3 Å². The highest BCUT2D eigenvalue weighted by molar-refractivity contribution is 5.77. The van der Waals surface area contributed by atoms with Gasteiger partial charge in [-0.05, 0) is 103 Å². The number of fused-ring (bicyclic) bond motifs is 7. The van der Waals surface area contributed by atoms with Gasteiger partial charge in [0, 0.05) is 0 Å². The molecule has 34 heavy (non-hydrogen) atoms. The Morgan fingerprint density at radius 3 is 2.18 bits per heavy atom. The van der Waals surface area contributed by atoms with E-state index in [4.69, 9.17) is 0 Å². The first-order valence-electron chi connectivity index (χ1n) is 13.9. The van der Waals surface area contributed by atoms with E-state index in [1.165, 1.54) is 5.57 Å². The summed E-state index contributed by atoms with van der Waals surface area (Å²) in [5, 5.41) is 33.1. The summed E-state index contributed by atoms with van der Waals surface area (Å²) < 4.78 is 0. The van der Waals surface area contributed by atoms with Gasteiger partial charge in [-0.3, -0.25) is 4.79 Å². The van der Waals surface area contributed by atoms with Crippen molar-refractivity contribution in [2.75, 3.05) is 0 Å². The maximum Gasteiger partial charge on any atom is 0.312 e. The first kappa shape index (κ1) is 24.8. The lowest BCUT2D eigenvalue weighted by Crippen LogP contribution is -2.67. The van der Waals surface area contributed by atoms with Crippen LogP contribution in [-0.4, -0.2) is 33.5 Å². The lowest BCUT2D eigenvalue weighted by molar-refractivity contribution is -0.218. The van der Waals surface area contributed by atoms with Gasteiger partial charge in [0.2, 0.25) is 0 Å². The summed E-state index contributed by atoms with van der Waals surface area (Å²) >= 11 is 0. The molecule has 0 spiro atoms. The molecule has 0 amide bonds. The smallest absolute Gasteiger partial charge is 0.312 e. The zero-order valence-electron chi connectivity index (χ0n) is 22.6. The standard InChI is InChI=1S/C30H48O4/c1-25(2)14-15-30(24(33)34)19(16-25)18-8-9-21-27(5)12-11-22(31)26(3,4)20(27)10-13-28(21,6)29(18,7)17-23(30)32/h8,19-23,31-32H,9-17H2,1-7H3,(H,33,34)/t19?,20?,21?,22?,23-,27+,28-,29-,30?/m1/s1. The van der Waals surface area contributed by atoms with Crippen LogP contribution in [0.4, 0.5) is 0 Å². The molecular formula is C30H48O4. The lowest BCUT2D eigenvalue weighted by Gasteiger charge is -2.71. The summed E-state index contributed by atoms with van der Waals surface area (Å²) in [6.45, 7) is 16.4. The molecule has 0 aromatic rings. The van der Waals surface area contributed by atoms with Gasteiger partial charge in [-0.15, -0.1) is 0 Å². The van der Waals surface area contributed by atoms with Crippen molar-refractivity contribution in [2.45, 2.75) is 118 Å². The molecule has 4 heteroatoms. The summed E-state index contributed by atoms with van der Waals surface area (Å²) in [4.78, 5) is 12.8. The van der Waals surface area contributed by atoms with Crippen molar-refractivity contribution in [3.63, 3.8) is 0 Å². The Morgan fingerprint density at radius 1 is 0.853 bits per heavy atom. The van der Waals surface area contributed by atoms with Crippen LogP contribution >= 0.6 is 0 Å². The Bertz CT molecular complexity index is 919. The molecule has 0 aromatic heterocycles. The number of aliphatic carboxylic acids is 1. The minimum atomic E-state index is -1.04. The molecule has 5 rings (SSSR count). The van der Waals surface area contributed by atoms with Crippen molar-refractivity contribution in [1.82, 2.24) is 0 Å². The maximum atomic E-state index is 12.8. The fraction of sp³-hybridized carbons (Fsp3) is 0.900. The Hall–Kier alpha value is -0.870. The molecule has 5 unspecified atom stereocenters. The molecule has 0 aliphatic heterocycles. The minimum absolute atomic E-state index is 0.0218. The SMILES string of the molecule is CC1(C)CCC2(C(=O)O)C(C1)C1=CCC3[C@@]4(C)CCC(O)C(C)(C)C4CC[C@@]3(C)[C@]1(C)C[C@H]2O. The molecule has 5 aliphatic rings. The van der Waals surface area contributed by atoms with E-state index in [0.29, 0.717) is 24.7 Å². The second-order valence-electron chi connectivity index (χ2n) is 15.2. The van der Waals surface area contributed by atoms with E-state index < -0.39 is 17.5 Å². The largest absolute Gasteiger partial charge is 0.481 e. The molecule has 0 heterocycles. The van der Waals surface area contributed by atoms with Gasteiger partial charge in [-0.25, -0.2) is 0 Å². The number of allylic oxidation sites excluding steroid dienone is 2. The molecule has 5 aliphatic carbocycles. The fourth-order valence-electron chi connectivity index (χ4n) is 10.7. The summed E-state index contributed by atoms with van der Waals surface area (Å²) in [6.07, 6.45) is 9.35. The number of hydrogen-bond donors (Lipinski definition) is 3. The van der Waals surface area contributed by atoms with E-state index in [-0.39, 0.29) is 39.1 Å². The molecule has 4 fully saturated rings. The molecule has 192 valence electrons. The van der Waals surface area contributed by atoms with Crippen LogP contribution in [0.3, 0.4) is 0 Å². The molecule has 9 atom stereocenters. The lowest BCUT2D eigenvalue weighted by atomic mass is 9.33. The van der Waals surface area contributed by atoms with Crippen LogP contribution in [-0.2, 0) is 4.79 Å². The van der Waals surface area contributed by atoms with Crippen molar-refractivity contribution in [3.8, 4) is 0 Å². The Labute approximate surface area is 206 Å². The van der Waals surface area contributed by atoms with Gasteiger partial charge in [0.25, 0.3) is 0 Å². The van der Waals surface area contributed by atoms with Crippen molar-refractivity contribution in [3.05, 3.63) is 11.6 Å². The Kier molecular flexibility index (Phi) is 5.20. The highest BCUT2D eigenvalue weighted by atomic mass is 16.4. The molecule has 4 saturated carbocycles. The van der Waals surface area contributed by atoms with Gasteiger partial charge in [-0.2, -0.15) is 0 Å². The van der Waals surface area contributed by atoms with Gasteiger partial charge in [0.1, 0.15) is 5.41 Å². The Balaban J connectivity index is 1.63. The predicted octanol–water partition coefficient (Wildman–Crippen LogP) is 6.20. The molecule has 0 bridgehead atoms. The third kappa shape index (κ3) is 2.82. The van der Waals surface area contributed by atoms with Gasteiger partial charge >= 0.3 is 5.97 Å². The second-order valence-corrected chi connectivity index (χ2v) is 15.2. The average Bonchev–Trinajstić information content (AvgIpc) is 2.71. The number of hydrogen-bond acceptors (Lipinski definition) is 3. The molecule has 3 N–H and O–H groups in total. The van der Waals surface area contributed by atoms with E-state index in [0.717, 1.165) is 44.9 Å². The van der Waals surface area contributed by atoms with Gasteiger partial charge in [0.15, 0.2) is 0 Å². The summed E-state index contributed by atoms with van der Waals surface area (Å²) in [6, 6.07) is 0. The van der Waals surface area contributed by atoms with E-state index in [2.05, 4.69) is 54.5 Å². The number of aliphatic hydroxyl groups is 2. The van der Waals surface area contributed by atoms with Crippen LogP contribution in [0.15, 0.2) is 11.6 Å². The number of rotatable bonds is 1. The highest BCUT2D eigenvalue weighted by Crippen LogP contribution is 2.75. The normalized spacial score (nSPS) is 53.4. The number of carboxylic acids is 1. The summed E-state index contributed by atoms with van der Waals surface area (Å²) in [7, 11) is 0. The number of aliphatic hydroxyl groups excluding tert-OH is 2. The topological polar surface area (TPSA) is 77.8 Å². The van der Waals surface area contributed by atoms with Crippen LogP contribution in [0, 0.1) is 50.2 Å². The highest BCUT2D eigenvalue weighted by Gasteiger charge is 2.71. The number of carboxylic acid groups (broad SMARTS) is 1. The van der Waals surface area contributed by atoms with E-state index in [1.807, 2.05) is 0 Å². The Morgan fingerprint density at radius 2 is 1.53 bits per heavy atom. The predicted molar refractivity (Wildman–Crippen MR) is 134 cm³/mol. The fourth-order valence-corrected chi connectivity index (χ4v) is 10.7. The zero-order chi connectivity index (χ0) is 25.1. The van der Waals surface area contributed by atoms with E-state index >= 15 is 0 Å². The monoisotopic (exact) mass is 472 g/mol. The first-order valence-corrected chi connectivity index (χ1v) is 13.9. The van der Waals surface area contributed by atoms with Crippen LogP contribution < -0.4 is 0 Å². The first-order chi connectivity index (χ1) is 15.6. The van der Waals surface area contributed by atoms with Crippen molar-refractivity contribution in [2.24, 2.45) is 50.2 Å². The molecule has 4 nitrogen and oxygen atoms in total. The van der Waals surface area contributed by atoms with Crippen LogP contribution in [0.1, 0.15) is 106 Å². The molecule has 0 radical (unpaired) electrons. The number of carbonyl (C=O) groups is 1. The second kappa shape index (κ2) is 7.12. The summed E-state index contributed by atoms with van der Waals surface area (Å²) in [5.74, 6) is 0.0888. The van der Waals surface area contributed by atoms with Crippen molar-refractivity contribution in [1.29, 1.82) is 0 Å². The van der Waals surface area contributed by atoms with E-state index in [9.17, 15) is 20.1 Å². The minimum Gasteiger partial charge on any atom is -0.481 e. The van der Waals surface area contributed by atoms with Crippen molar-refractivity contribution < 1.29 is 20.1 Å². The van der Waals surface area contributed by atoms with E-state index in [1.54, 1.807) is 0 Å². The quantitative estimate of drug-likeness (QED) is 0.397. The van der Waals surface area contributed by atoms with Crippen LogP contribution in [0.25, 0.3) is 0 Å². The van der Waals surface area contributed by atoms with Crippen LogP contribution in [0.5, 0.6) is 0 Å².